The number of pyridine rings is 1. The average molecular weight is 616 g/mol. The van der Waals surface area contributed by atoms with Gasteiger partial charge in [0.25, 0.3) is 5.56 Å². The minimum atomic E-state index is -2.30. The molecule has 0 radical (unpaired) electrons. The molecule has 11 nitrogen and oxygen atoms in total. The molecule has 2 N–H and O–H groups in total. The molecule has 0 saturated carbocycles. The molecule has 0 aliphatic carbocycles. The number of para-hydroxylation sites is 1. The highest BCUT2D eigenvalue weighted by atomic mass is 35.5. The molecule has 0 spiro atoms. The SMILES string of the molecule is COc1ccc(-c2nn([C@@H](C)c3cc4cccc(Cl)c4c(=O)n3-c3ccccc3)c3ncnc(N)c23)cc1N=[SH](=O)OC. The second kappa shape index (κ2) is 11.5. The molecule has 1 unspecified atom stereocenters. The van der Waals surface area contributed by atoms with Crippen molar-refractivity contribution in [1.82, 2.24) is 24.3 Å². The number of rotatable bonds is 7. The number of anilines is 1. The second-order valence-electron chi connectivity index (χ2n) is 9.58. The van der Waals surface area contributed by atoms with E-state index >= 15 is 0 Å². The zero-order valence-corrected chi connectivity index (χ0v) is 25.0. The highest BCUT2D eigenvalue weighted by Gasteiger charge is 2.25. The normalized spacial score (nSPS) is 13.0. The van der Waals surface area contributed by atoms with Crippen LogP contribution in [0.4, 0.5) is 11.5 Å². The minimum Gasteiger partial charge on any atom is -0.494 e. The molecule has 3 heterocycles. The van der Waals surface area contributed by atoms with Gasteiger partial charge in [-0.1, -0.05) is 41.9 Å². The van der Waals surface area contributed by atoms with Crippen LogP contribution in [0, 0.1) is 0 Å². The number of benzene rings is 3. The Balaban J connectivity index is 1.62. The van der Waals surface area contributed by atoms with Crippen molar-refractivity contribution >= 4 is 55.8 Å². The van der Waals surface area contributed by atoms with Crippen LogP contribution < -0.4 is 16.0 Å². The Bertz CT molecular complexity index is 2160. The van der Waals surface area contributed by atoms with Crippen molar-refractivity contribution in [2.75, 3.05) is 20.0 Å². The summed E-state index contributed by atoms with van der Waals surface area (Å²) >= 11 is 6.51. The van der Waals surface area contributed by atoms with Gasteiger partial charge >= 0.3 is 0 Å². The summed E-state index contributed by atoms with van der Waals surface area (Å²) in [6, 6.07) is 21.3. The van der Waals surface area contributed by atoms with E-state index in [9.17, 15) is 9.00 Å². The van der Waals surface area contributed by atoms with Crippen molar-refractivity contribution in [3.8, 4) is 22.7 Å². The Morgan fingerprint density at radius 1 is 1.00 bits per heavy atom. The van der Waals surface area contributed by atoms with E-state index < -0.39 is 16.9 Å². The summed E-state index contributed by atoms with van der Waals surface area (Å²) in [5.74, 6) is 0.633. The van der Waals surface area contributed by atoms with Crippen molar-refractivity contribution in [2.24, 2.45) is 4.36 Å². The lowest BCUT2D eigenvalue weighted by atomic mass is 10.1. The van der Waals surface area contributed by atoms with Crippen molar-refractivity contribution in [1.29, 1.82) is 0 Å². The molecule has 3 aromatic carbocycles. The fourth-order valence-electron chi connectivity index (χ4n) is 5.13. The number of nitrogens with two attached hydrogens (primary N) is 1. The van der Waals surface area contributed by atoms with Gasteiger partial charge in [-0.05, 0) is 54.8 Å². The molecule has 43 heavy (non-hydrogen) atoms. The van der Waals surface area contributed by atoms with E-state index in [2.05, 4.69) is 14.3 Å². The lowest BCUT2D eigenvalue weighted by Crippen LogP contribution is -2.26. The van der Waals surface area contributed by atoms with Crippen LogP contribution in [0.5, 0.6) is 5.75 Å². The quantitative estimate of drug-likeness (QED) is 0.224. The fourth-order valence-corrected chi connectivity index (χ4v) is 5.80. The highest BCUT2D eigenvalue weighted by Crippen LogP contribution is 2.38. The molecule has 3 aromatic heterocycles. The van der Waals surface area contributed by atoms with Gasteiger partial charge in [-0.2, -0.15) is 9.46 Å². The molecule has 218 valence electrons. The third kappa shape index (κ3) is 4.99. The highest BCUT2D eigenvalue weighted by molar-refractivity contribution is 7.69. The standard InChI is InChI=1S/C30H26ClN7O4S/c1-17(23-15-18-8-7-11-21(31)25(18)30(39)37(23)20-9-5-4-6-10-20)38-29-26(28(32)33-16-34-29)27(35-38)19-12-13-24(41-2)22(14-19)36-43(40)42-3/h4-17,43H,1-3H3,(H2,32,33,34)/t17-/m0/s1. The van der Waals surface area contributed by atoms with E-state index in [1.165, 1.54) is 20.5 Å². The van der Waals surface area contributed by atoms with Gasteiger partial charge in [0.15, 0.2) is 16.5 Å². The molecular weight excluding hydrogens is 590 g/mol. The maximum atomic E-state index is 14.0. The van der Waals surface area contributed by atoms with Crippen LogP contribution in [0.25, 0.3) is 38.8 Å². The number of nitrogens with zero attached hydrogens (tertiary/aromatic N) is 6. The van der Waals surface area contributed by atoms with E-state index in [-0.39, 0.29) is 11.4 Å². The lowest BCUT2D eigenvalue weighted by Gasteiger charge is -2.21. The van der Waals surface area contributed by atoms with E-state index in [0.29, 0.717) is 60.9 Å². The number of thiol groups is 1. The fraction of sp³-hybridized carbons (Fsp3) is 0.133. The van der Waals surface area contributed by atoms with Gasteiger partial charge in [0.05, 0.1) is 41.8 Å². The second-order valence-corrected chi connectivity index (χ2v) is 11.0. The van der Waals surface area contributed by atoms with Gasteiger partial charge in [0.1, 0.15) is 29.3 Å². The smallest absolute Gasteiger partial charge is 0.264 e. The summed E-state index contributed by atoms with van der Waals surface area (Å²) in [6.45, 7) is 1.93. The molecule has 13 heteroatoms. The van der Waals surface area contributed by atoms with Crippen molar-refractivity contribution in [2.45, 2.75) is 13.0 Å². The number of ether oxygens (including phenoxy) is 1. The third-order valence-corrected chi connectivity index (χ3v) is 8.16. The number of halogens is 1. The molecule has 6 rings (SSSR count). The largest absolute Gasteiger partial charge is 0.494 e. The Hall–Kier alpha value is -4.78. The molecule has 0 amide bonds. The first kappa shape index (κ1) is 28.3. The van der Waals surface area contributed by atoms with Crippen molar-refractivity contribution < 1.29 is 13.1 Å². The van der Waals surface area contributed by atoms with Gasteiger partial charge in [-0.15, -0.1) is 0 Å². The van der Waals surface area contributed by atoms with E-state index in [4.69, 9.17) is 31.4 Å². The van der Waals surface area contributed by atoms with Crippen LogP contribution in [0.15, 0.2) is 88.3 Å². The Labute approximate surface area is 252 Å². The maximum Gasteiger partial charge on any atom is 0.264 e. The summed E-state index contributed by atoms with van der Waals surface area (Å²) in [4.78, 5) is 22.8. The van der Waals surface area contributed by atoms with Crippen LogP contribution >= 0.6 is 11.6 Å². The Morgan fingerprint density at radius 3 is 2.53 bits per heavy atom. The van der Waals surface area contributed by atoms with E-state index in [0.717, 1.165) is 0 Å². The predicted molar refractivity (Wildman–Crippen MR) is 169 cm³/mol. The van der Waals surface area contributed by atoms with Crippen LogP contribution in [-0.2, 0) is 15.1 Å². The van der Waals surface area contributed by atoms with Gasteiger partial charge in [-0.25, -0.2) is 18.9 Å². The summed E-state index contributed by atoms with van der Waals surface area (Å²) in [6.07, 6.45) is 1.37. The Morgan fingerprint density at radius 2 is 1.79 bits per heavy atom. The number of aromatic nitrogens is 5. The first-order chi connectivity index (χ1) is 20.8. The lowest BCUT2D eigenvalue weighted by molar-refractivity contribution is 0.415. The minimum absolute atomic E-state index is 0.224. The summed E-state index contributed by atoms with van der Waals surface area (Å²) < 4.78 is 29.9. The Kier molecular flexibility index (Phi) is 7.57. The number of hydrogen-bond acceptors (Lipinski definition) is 9. The van der Waals surface area contributed by atoms with Crippen LogP contribution in [0.1, 0.15) is 18.7 Å². The molecule has 6 aromatic rings. The zero-order chi connectivity index (χ0) is 30.2. The molecular formula is C30H26ClN7O4S. The molecule has 0 aliphatic rings. The van der Waals surface area contributed by atoms with Gasteiger partial charge in [0.2, 0.25) is 0 Å². The average Bonchev–Trinajstić information content (AvgIpc) is 3.42. The summed E-state index contributed by atoms with van der Waals surface area (Å²) in [5.41, 5.74) is 9.34. The molecule has 0 saturated heterocycles. The molecule has 0 fully saturated rings. The summed E-state index contributed by atoms with van der Waals surface area (Å²) in [5, 5.41) is 6.97. The zero-order valence-electron chi connectivity index (χ0n) is 23.3. The maximum absolute atomic E-state index is 14.0. The van der Waals surface area contributed by atoms with Crippen LogP contribution in [0.2, 0.25) is 5.02 Å². The number of methoxy groups -OCH3 is 1. The first-order valence-electron chi connectivity index (χ1n) is 13.1. The van der Waals surface area contributed by atoms with E-state index in [1.54, 1.807) is 33.5 Å². The first-order valence-corrected chi connectivity index (χ1v) is 14.6. The van der Waals surface area contributed by atoms with Crippen molar-refractivity contribution in [3.05, 3.63) is 100 Å². The van der Waals surface area contributed by atoms with Gasteiger partial charge in [0, 0.05) is 11.3 Å². The van der Waals surface area contributed by atoms with E-state index in [1.807, 2.05) is 55.5 Å². The van der Waals surface area contributed by atoms with Crippen molar-refractivity contribution in [3.63, 3.8) is 0 Å². The number of fused-ring (bicyclic) bond motifs is 2. The monoisotopic (exact) mass is 615 g/mol. The number of nitrogen functional groups attached to an aromatic ring is 1. The van der Waals surface area contributed by atoms with Gasteiger partial charge < -0.3 is 10.5 Å². The molecule has 0 aliphatic heterocycles. The summed E-state index contributed by atoms with van der Waals surface area (Å²) in [7, 11) is 0.501. The van der Waals surface area contributed by atoms with Gasteiger partial charge in [-0.3, -0.25) is 13.5 Å². The molecule has 0 bridgehead atoms. The van der Waals surface area contributed by atoms with Crippen LogP contribution in [0.3, 0.4) is 0 Å². The topological polar surface area (TPSA) is 140 Å². The third-order valence-electron chi connectivity index (χ3n) is 7.15. The molecule has 2 atom stereocenters. The number of hydrogen-bond donors (Lipinski definition) is 2. The predicted octanol–water partition coefficient (Wildman–Crippen LogP) is 5.51. The van der Waals surface area contributed by atoms with Crippen LogP contribution in [-0.4, -0.2) is 42.7 Å².